The Morgan fingerprint density at radius 2 is 1.86 bits per heavy atom. The predicted molar refractivity (Wildman–Crippen MR) is 115 cm³/mol. The number of rotatable bonds is 8. The molecular weight excluding hydrogens is 348 g/mol. The Balaban J connectivity index is 1.70. The van der Waals surface area contributed by atoms with Crippen molar-refractivity contribution >= 4 is 5.97 Å². The molecule has 3 aliphatic rings. The molecule has 2 aliphatic carbocycles. The number of fused-ring (bicyclic) bond motifs is 1. The number of hydrogen-bond acceptors (Lipinski definition) is 3. The van der Waals surface area contributed by atoms with Gasteiger partial charge in [-0.15, -0.1) is 0 Å². The summed E-state index contributed by atoms with van der Waals surface area (Å²) in [7, 11) is 2.14. The van der Waals surface area contributed by atoms with Crippen LogP contribution >= 0.6 is 0 Å². The zero-order chi connectivity index (χ0) is 20.1. The second-order valence-electron chi connectivity index (χ2n) is 10.2. The first-order chi connectivity index (χ1) is 13.5. The smallest absolute Gasteiger partial charge is 0.304 e. The molecule has 0 aromatic carbocycles. The normalized spacial score (nSPS) is 35.5. The Morgan fingerprint density at radius 3 is 2.54 bits per heavy atom. The van der Waals surface area contributed by atoms with Crippen molar-refractivity contribution < 1.29 is 9.90 Å². The van der Waals surface area contributed by atoms with Crippen LogP contribution < -0.4 is 5.32 Å². The van der Waals surface area contributed by atoms with Crippen LogP contribution in [0.4, 0.5) is 0 Å². The van der Waals surface area contributed by atoms with Gasteiger partial charge in [-0.2, -0.15) is 0 Å². The van der Waals surface area contributed by atoms with Gasteiger partial charge in [0, 0.05) is 12.1 Å². The molecule has 4 heteroatoms. The summed E-state index contributed by atoms with van der Waals surface area (Å²) in [5, 5.41) is 13.2. The van der Waals surface area contributed by atoms with E-state index in [1.54, 1.807) is 0 Å². The van der Waals surface area contributed by atoms with Crippen LogP contribution in [0.25, 0.3) is 0 Å². The molecule has 6 atom stereocenters. The maximum Gasteiger partial charge on any atom is 0.304 e. The van der Waals surface area contributed by atoms with E-state index >= 15 is 0 Å². The highest BCUT2D eigenvalue weighted by atomic mass is 16.4. The summed E-state index contributed by atoms with van der Waals surface area (Å²) in [5.41, 5.74) is 0. The summed E-state index contributed by atoms with van der Waals surface area (Å²) in [6, 6.07) is 0.725. The molecule has 0 radical (unpaired) electrons. The lowest BCUT2D eigenvalue weighted by molar-refractivity contribution is -0.138. The van der Waals surface area contributed by atoms with E-state index in [2.05, 4.69) is 31.1 Å². The summed E-state index contributed by atoms with van der Waals surface area (Å²) < 4.78 is 0. The number of nitrogens with one attached hydrogen (secondary N) is 1. The topological polar surface area (TPSA) is 52.6 Å². The predicted octanol–water partition coefficient (Wildman–Crippen LogP) is 5.27. The molecule has 6 unspecified atom stereocenters. The van der Waals surface area contributed by atoms with E-state index in [0.29, 0.717) is 12.2 Å². The van der Waals surface area contributed by atoms with Crippen molar-refractivity contribution in [2.45, 2.75) is 116 Å². The monoisotopic (exact) mass is 392 g/mol. The number of aliphatic carboxylic acids is 1. The lowest BCUT2D eigenvalue weighted by Crippen LogP contribution is -2.61. The summed E-state index contributed by atoms with van der Waals surface area (Å²) in [6.45, 7) is 4.39. The molecule has 3 rings (SSSR count). The molecule has 0 aromatic rings. The fourth-order valence-corrected chi connectivity index (χ4v) is 6.57. The summed E-state index contributed by atoms with van der Waals surface area (Å²) >= 11 is 0. The Hall–Kier alpha value is -0.610. The third-order valence-electron chi connectivity index (χ3n) is 8.34. The minimum Gasteiger partial charge on any atom is -0.481 e. The molecular formula is C24H44N2O2. The van der Waals surface area contributed by atoms with E-state index in [9.17, 15) is 9.90 Å². The van der Waals surface area contributed by atoms with Crippen LogP contribution in [0.5, 0.6) is 0 Å². The molecule has 0 aromatic heterocycles. The molecule has 3 fully saturated rings. The van der Waals surface area contributed by atoms with Gasteiger partial charge in [0.15, 0.2) is 0 Å². The molecule has 1 saturated heterocycles. The van der Waals surface area contributed by atoms with Crippen LogP contribution in [0.2, 0.25) is 0 Å². The highest BCUT2D eigenvalue weighted by molar-refractivity contribution is 5.67. The number of piperidine rings is 1. The molecule has 1 aliphatic heterocycles. The molecule has 2 saturated carbocycles. The van der Waals surface area contributed by atoms with Crippen LogP contribution in [-0.4, -0.2) is 41.3 Å². The fraction of sp³-hybridized carbons (Fsp3) is 0.958. The van der Waals surface area contributed by atoms with Crippen LogP contribution in [0.15, 0.2) is 0 Å². The van der Waals surface area contributed by atoms with E-state index in [1.807, 2.05) is 0 Å². The van der Waals surface area contributed by atoms with E-state index < -0.39 is 5.97 Å². The van der Waals surface area contributed by atoms with Crippen molar-refractivity contribution in [1.29, 1.82) is 0 Å². The quantitative estimate of drug-likeness (QED) is 0.590. The van der Waals surface area contributed by atoms with Gasteiger partial charge in [-0.3, -0.25) is 15.0 Å². The number of carbonyl (C=O) groups is 1. The van der Waals surface area contributed by atoms with Crippen LogP contribution in [-0.2, 0) is 4.79 Å². The Labute approximate surface area is 172 Å². The SMILES string of the molecule is CCCCC1CCC2NC(N(C)C(C)CC(=O)O)CC(C3CCCCC3)C2C1. The van der Waals surface area contributed by atoms with Gasteiger partial charge >= 0.3 is 5.97 Å². The first-order valence-corrected chi connectivity index (χ1v) is 12.2. The molecule has 2 N–H and O–H groups in total. The fourth-order valence-electron chi connectivity index (χ4n) is 6.57. The lowest BCUT2D eigenvalue weighted by Gasteiger charge is -2.53. The van der Waals surface area contributed by atoms with Crippen molar-refractivity contribution in [3.05, 3.63) is 0 Å². The average molecular weight is 393 g/mol. The number of hydrogen-bond donors (Lipinski definition) is 2. The van der Waals surface area contributed by atoms with Gasteiger partial charge < -0.3 is 5.11 Å². The zero-order valence-electron chi connectivity index (χ0n) is 18.5. The molecule has 0 spiro atoms. The third kappa shape index (κ3) is 5.50. The Morgan fingerprint density at radius 1 is 1.11 bits per heavy atom. The largest absolute Gasteiger partial charge is 0.481 e. The zero-order valence-corrected chi connectivity index (χ0v) is 18.5. The van der Waals surface area contributed by atoms with Gasteiger partial charge in [0.05, 0.1) is 12.6 Å². The van der Waals surface area contributed by atoms with Crippen molar-refractivity contribution in [3.63, 3.8) is 0 Å². The number of unbranched alkanes of at least 4 members (excludes halogenated alkanes) is 1. The Kier molecular flexibility index (Phi) is 8.22. The molecule has 28 heavy (non-hydrogen) atoms. The third-order valence-corrected chi connectivity index (χ3v) is 8.34. The molecule has 1 heterocycles. The minimum absolute atomic E-state index is 0.0828. The second-order valence-corrected chi connectivity index (χ2v) is 10.2. The molecule has 162 valence electrons. The van der Waals surface area contributed by atoms with Crippen molar-refractivity contribution in [2.75, 3.05) is 7.05 Å². The van der Waals surface area contributed by atoms with Gasteiger partial charge in [0.1, 0.15) is 0 Å². The van der Waals surface area contributed by atoms with Gasteiger partial charge in [-0.05, 0) is 63.3 Å². The van der Waals surface area contributed by atoms with E-state index in [1.165, 1.54) is 77.0 Å². The molecule has 4 nitrogen and oxygen atoms in total. The minimum atomic E-state index is -0.687. The van der Waals surface area contributed by atoms with Crippen molar-refractivity contribution in [2.24, 2.45) is 23.7 Å². The van der Waals surface area contributed by atoms with Crippen LogP contribution in [0.3, 0.4) is 0 Å². The lowest BCUT2D eigenvalue weighted by atomic mass is 9.62. The van der Waals surface area contributed by atoms with Crippen molar-refractivity contribution in [3.8, 4) is 0 Å². The average Bonchev–Trinajstić information content (AvgIpc) is 2.70. The van der Waals surface area contributed by atoms with Gasteiger partial charge in [-0.25, -0.2) is 0 Å². The van der Waals surface area contributed by atoms with Gasteiger partial charge in [-0.1, -0.05) is 58.3 Å². The maximum absolute atomic E-state index is 11.2. The van der Waals surface area contributed by atoms with E-state index in [0.717, 1.165) is 23.7 Å². The molecule has 0 bridgehead atoms. The first kappa shape index (κ1) is 22.1. The van der Waals surface area contributed by atoms with Gasteiger partial charge in [0.25, 0.3) is 0 Å². The highest BCUT2D eigenvalue weighted by Crippen LogP contribution is 2.47. The van der Waals surface area contributed by atoms with Crippen molar-refractivity contribution in [1.82, 2.24) is 10.2 Å². The van der Waals surface area contributed by atoms with Crippen LogP contribution in [0, 0.1) is 23.7 Å². The summed E-state index contributed by atoms with van der Waals surface area (Å²) in [4.78, 5) is 13.5. The Bertz CT molecular complexity index is 491. The number of nitrogens with zero attached hydrogens (tertiary/aromatic N) is 1. The van der Waals surface area contributed by atoms with E-state index in [-0.39, 0.29) is 12.5 Å². The molecule has 0 amide bonds. The van der Waals surface area contributed by atoms with E-state index in [4.69, 9.17) is 0 Å². The second kappa shape index (κ2) is 10.4. The first-order valence-electron chi connectivity index (χ1n) is 12.2. The summed E-state index contributed by atoms with van der Waals surface area (Å²) in [5.74, 6) is 2.83. The highest BCUT2D eigenvalue weighted by Gasteiger charge is 2.45. The standard InChI is InChI=1S/C24H44N2O2/c1-4-5-9-18-12-13-22-21(15-18)20(19-10-7-6-8-11-19)16-23(25-22)26(3)17(2)14-24(27)28/h17-23,25H,4-16H2,1-3H3,(H,27,28). The number of carboxylic acid groups (broad SMARTS) is 1. The number of carboxylic acids is 1. The van der Waals surface area contributed by atoms with Gasteiger partial charge in [0.2, 0.25) is 0 Å². The maximum atomic E-state index is 11.2. The van der Waals surface area contributed by atoms with Crippen LogP contribution in [0.1, 0.15) is 97.3 Å². The summed E-state index contributed by atoms with van der Waals surface area (Å²) in [6.07, 6.45) is 17.2.